The Bertz CT molecular complexity index is 1150. The third-order valence-electron chi connectivity index (χ3n) is 4.39. The Morgan fingerprint density at radius 1 is 1.09 bits per heavy atom. The van der Waals surface area contributed by atoms with Crippen LogP contribution in [-0.2, 0) is 4.79 Å². The van der Waals surface area contributed by atoms with Crippen molar-refractivity contribution in [3.63, 3.8) is 0 Å². The van der Waals surface area contributed by atoms with Crippen LogP contribution in [0.25, 0.3) is 6.08 Å². The second-order valence-electron chi connectivity index (χ2n) is 6.95. The van der Waals surface area contributed by atoms with Crippen LogP contribution in [0, 0.1) is 0 Å². The van der Waals surface area contributed by atoms with Crippen molar-refractivity contribution in [2.45, 2.75) is 18.5 Å². The summed E-state index contributed by atoms with van der Waals surface area (Å²) >= 11 is 20.7. The molecular weight excluding hydrogens is 606 g/mol. The number of amides is 2. The van der Waals surface area contributed by atoms with Gasteiger partial charge in [-0.05, 0) is 51.3 Å². The predicted octanol–water partition coefficient (Wildman–Crippen LogP) is 7.39. The average Bonchev–Trinajstić information content (AvgIpc) is 2.74. The van der Waals surface area contributed by atoms with Crippen LogP contribution < -0.4 is 10.6 Å². The largest absolute Gasteiger partial charge is 0.399 e. The average molecular weight is 621 g/mol. The Balaban J connectivity index is 2.21. The van der Waals surface area contributed by atoms with Gasteiger partial charge in [0.25, 0.3) is 18.2 Å². The molecule has 4 nitrogen and oxygen atoms in total. The first-order chi connectivity index (χ1) is 16.2. The Kier molecular flexibility index (Phi) is 10.1. The molecule has 0 radical (unpaired) electrons. The lowest BCUT2D eigenvalue weighted by Crippen LogP contribution is -2.36. The van der Waals surface area contributed by atoms with E-state index in [-0.39, 0.29) is 30.7 Å². The number of rotatable bonds is 8. The summed E-state index contributed by atoms with van der Waals surface area (Å²) in [5.41, 5.74) is -0.345. The van der Waals surface area contributed by atoms with E-state index in [0.717, 1.165) is 18.2 Å². The lowest BCUT2D eigenvalue weighted by Gasteiger charge is -2.18. The molecule has 2 aromatic rings. The standard InChI is InChI=1S/C22H15BrCl3F5N2O2/c1-10(20(34)32-9-18(27)28)33-21(35)13-4-2-11(6-15(13)23)3-5-14(22(29,30)31)12-7-16(24)19(26)17(25)8-12/h2-8,14,18H,1,9H2,(H,32,34)(H,33,35)/b5-3+. The second-order valence-corrected chi connectivity index (χ2v) is 9.00. The molecule has 0 aliphatic rings. The van der Waals surface area contributed by atoms with Gasteiger partial charge in [-0.1, -0.05) is 59.6 Å². The van der Waals surface area contributed by atoms with Crippen molar-refractivity contribution in [3.8, 4) is 0 Å². The van der Waals surface area contributed by atoms with Crippen molar-refractivity contribution < 1.29 is 31.5 Å². The molecule has 0 fully saturated rings. The fraction of sp³-hybridized carbons (Fsp3) is 0.182. The highest BCUT2D eigenvalue weighted by molar-refractivity contribution is 9.10. The summed E-state index contributed by atoms with van der Waals surface area (Å²) in [6.45, 7) is 2.40. The fourth-order valence-electron chi connectivity index (χ4n) is 2.73. The molecule has 0 saturated heterocycles. The number of carbonyl (C=O) groups excluding carboxylic acids is 2. The van der Waals surface area contributed by atoms with E-state index in [1.54, 1.807) is 0 Å². The van der Waals surface area contributed by atoms with Crippen LogP contribution in [-0.4, -0.2) is 31.0 Å². The van der Waals surface area contributed by atoms with Gasteiger partial charge >= 0.3 is 6.18 Å². The zero-order chi connectivity index (χ0) is 26.5. The van der Waals surface area contributed by atoms with Gasteiger partial charge in [0.2, 0.25) is 0 Å². The normalized spacial score (nSPS) is 12.6. The van der Waals surface area contributed by atoms with Gasteiger partial charge in [-0.25, -0.2) is 8.78 Å². The monoisotopic (exact) mass is 618 g/mol. The van der Waals surface area contributed by atoms with Crippen LogP contribution in [0.15, 0.2) is 53.2 Å². The number of carbonyl (C=O) groups is 2. The fourth-order valence-corrected chi connectivity index (χ4v) is 3.92. The molecule has 0 aliphatic heterocycles. The maximum absolute atomic E-state index is 13.7. The SMILES string of the molecule is C=C(NC(=O)c1ccc(/C=C/C(c2cc(Cl)c(Cl)c(Cl)c2)C(F)(F)F)cc1Br)C(=O)NCC(F)F. The van der Waals surface area contributed by atoms with Gasteiger partial charge in [0, 0.05) is 4.47 Å². The van der Waals surface area contributed by atoms with E-state index in [1.165, 1.54) is 24.3 Å². The van der Waals surface area contributed by atoms with E-state index >= 15 is 0 Å². The molecule has 1 unspecified atom stereocenters. The molecule has 2 amide bonds. The summed E-state index contributed by atoms with van der Waals surface area (Å²) in [5.74, 6) is -3.83. The van der Waals surface area contributed by atoms with Crippen LogP contribution in [0.5, 0.6) is 0 Å². The van der Waals surface area contributed by atoms with Crippen LogP contribution in [0.4, 0.5) is 22.0 Å². The molecular formula is C22H15BrCl3F5N2O2. The molecule has 35 heavy (non-hydrogen) atoms. The highest BCUT2D eigenvalue weighted by Crippen LogP contribution is 2.41. The zero-order valence-electron chi connectivity index (χ0n) is 17.3. The van der Waals surface area contributed by atoms with Crippen LogP contribution in [0.1, 0.15) is 27.4 Å². The first kappa shape index (κ1) is 29.1. The van der Waals surface area contributed by atoms with Crippen molar-refractivity contribution in [2.24, 2.45) is 0 Å². The van der Waals surface area contributed by atoms with E-state index in [1.807, 2.05) is 5.32 Å². The van der Waals surface area contributed by atoms with Crippen molar-refractivity contribution >= 4 is 68.6 Å². The van der Waals surface area contributed by atoms with E-state index in [0.29, 0.717) is 5.56 Å². The lowest BCUT2D eigenvalue weighted by atomic mass is 9.97. The maximum atomic E-state index is 13.7. The Labute approximate surface area is 220 Å². The van der Waals surface area contributed by atoms with Crippen molar-refractivity contribution in [2.75, 3.05) is 6.54 Å². The van der Waals surface area contributed by atoms with Gasteiger partial charge in [0.1, 0.15) is 0 Å². The Hall–Kier alpha value is -2.14. The minimum absolute atomic E-state index is 0.0218. The van der Waals surface area contributed by atoms with Crippen LogP contribution in [0.2, 0.25) is 15.1 Å². The van der Waals surface area contributed by atoms with E-state index < -0.39 is 42.6 Å². The predicted molar refractivity (Wildman–Crippen MR) is 129 cm³/mol. The zero-order valence-corrected chi connectivity index (χ0v) is 21.2. The van der Waals surface area contributed by atoms with E-state index in [9.17, 15) is 31.5 Å². The molecule has 0 spiro atoms. The van der Waals surface area contributed by atoms with Crippen molar-refractivity contribution in [1.82, 2.24) is 10.6 Å². The van der Waals surface area contributed by atoms with Crippen LogP contribution in [0.3, 0.4) is 0 Å². The van der Waals surface area contributed by atoms with Crippen molar-refractivity contribution in [1.29, 1.82) is 0 Å². The molecule has 188 valence electrons. The van der Waals surface area contributed by atoms with Gasteiger partial charge < -0.3 is 10.6 Å². The molecule has 2 aromatic carbocycles. The smallest absolute Gasteiger partial charge is 0.345 e. The summed E-state index contributed by atoms with van der Waals surface area (Å²) in [5, 5.41) is 3.74. The minimum Gasteiger partial charge on any atom is -0.345 e. The molecule has 0 saturated carbocycles. The van der Waals surface area contributed by atoms with E-state index in [2.05, 4.69) is 27.8 Å². The first-order valence-corrected chi connectivity index (χ1v) is 11.4. The van der Waals surface area contributed by atoms with Gasteiger partial charge in [-0.3, -0.25) is 9.59 Å². The number of alkyl halides is 5. The second kappa shape index (κ2) is 12.2. The topological polar surface area (TPSA) is 58.2 Å². The Morgan fingerprint density at radius 2 is 1.69 bits per heavy atom. The lowest BCUT2D eigenvalue weighted by molar-refractivity contribution is -0.139. The summed E-state index contributed by atoms with van der Waals surface area (Å²) in [6, 6.07) is 6.19. The van der Waals surface area contributed by atoms with Gasteiger partial charge in [0.15, 0.2) is 0 Å². The molecule has 0 heterocycles. The number of benzene rings is 2. The van der Waals surface area contributed by atoms with Crippen LogP contribution >= 0.6 is 50.7 Å². The highest BCUT2D eigenvalue weighted by Gasteiger charge is 2.39. The third-order valence-corrected chi connectivity index (χ3v) is 6.25. The third kappa shape index (κ3) is 8.20. The number of allylic oxidation sites excluding steroid dienone is 1. The molecule has 1 atom stereocenters. The molecule has 2 rings (SSSR count). The maximum Gasteiger partial charge on any atom is 0.399 e. The molecule has 0 aliphatic carbocycles. The number of halogens is 9. The van der Waals surface area contributed by atoms with Crippen molar-refractivity contribution in [3.05, 3.63) is 84.9 Å². The van der Waals surface area contributed by atoms with Gasteiger partial charge in [-0.15, -0.1) is 0 Å². The summed E-state index contributed by atoms with van der Waals surface area (Å²) in [6.07, 6.45) is -5.35. The molecule has 0 aromatic heterocycles. The first-order valence-electron chi connectivity index (χ1n) is 9.46. The molecule has 2 N–H and O–H groups in total. The summed E-state index contributed by atoms with van der Waals surface area (Å²) in [7, 11) is 0. The number of hydrogen-bond acceptors (Lipinski definition) is 2. The van der Waals surface area contributed by atoms with Gasteiger partial charge in [0.05, 0.1) is 38.8 Å². The Morgan fingerprint density at radius 3 is 2.20 bits per heavy atom. The minimum atomic E-state index is -4.67. The molecule has 0 bridgehead atoms. The summed E-state index contributed by atoms with van der Waals surface area (Å²) < 4.78 is 65.6. The molecule has 13 heteroatoms. The van der Waals surface area contributed by atoms with E-state index in [4.69, 9.17) is 34.8 Å². The highest BCUT2D eigenvalue weighted by atomic mass is 79.9. The number of hydrogen-bond donors (Lipinski definition) is 2. The summed E-state index contributed by atoms with van der Waals surface area (Å²) in [4.78, 5) is 24.0. The number of nitrogens with one attached hydrogen (secondary N) is 2. The quantitative estimate of drug-likeness (QED) is 0.184. The van der Waals surface area contributed by atoms with Gasteiger partial charge in [-0.2, -0.15) is 13.2 Å².